The molecule has 12 aromatic rings. The second kappa shape index (κ2) is 13.9. The average Bonchev–Trinajstić information content (AvgIpc) is 3.66. The Morgan fingerprint density at radius 1 is 0.361 bits per heavy atom. The zero-order chi connectivity index (χ0) is 40.4. The van der Waals surface area contributed by atoms with Gasteiger partial charge in [0.2, 0.25) is 0 Å². The van der Waals surface area contributed by atoms with Gasteiger partial charge in [0.05, 0.1) is 34.1 Å². The molecule has 3 aromatic heterocycles. The molecule has 0 bridgehead atoms. The van der Waals surface area contributed by atoms with E-state index in [1.165, 1.54) is 43.4 Å². The second-order valence-electron chi connectivity index (χ2n) is 15.8. The predicted molar refractivity (Wildman–Crippen MR) is 252 cm³/mol. The van der Waals surface area contributed by atoms with Gasteiger partial charge >= 0.3 is 0 Å². The molecule has 0 aliphatic carbocycles. The van der Waals surface area contributed by atoms with Crippen LogP contribution in [0.25, 0.3) is 116 Å². The Morgan fingerprint density at radius 3 is 1.36 bits per heavy atom. The Bertz CT molecular complexity index is 3550. The van der Waals surface area contributed by atoms with Gasteiger partial charge in [-0.05, 0) is 175 Å². The molecule has 12 rings (SSSR count). The molecule has 0 amide bonds. The molecular weight excluding hydrogens is 741 g/mol. The van der Waals surface area contributed by atoms with E-state index in [1.807, 2.05) is 54.9 Å². The van der Waals surface area contributed by atoms with Crippen LogP contribution in [0.5, 0.6) is 0 Å². The van der Waals surface area contributed by atoms with Crippen molar-refractivity contribution in [3.8, 4) is 67.7 Å². The number of fused-ring (bicyclic) bond motifs is 3. The quantitative estimate of drug-likeness (QED) is 0.158. The van der Waals surface area contributed by atoms with Crippen molar-refractivity contribution in [1.82, 2.24) is 14.5 Å². The number of benzene rings is 9. The van der Waals surface area contributed by atoms with E-state index < -0.39 is 0 Å². The van der Waals surface area contributed by atoms with Gasteiger partial charge in [0.1, 0.15) is 0 Å². The third-order valence-electron chi connectivity index (χ3n) is 12.2. The molecule has 9 aromatic carbocycles. The lowest BCUT2D eigenvalue weighted by molar-refractivity contribution is 1.18. The highest BCUT2D eigenvalue weighted by atomic mass is 15.0. The van der Waals surface area contributed by atoms with Crippen LogP contribution in [-0.4, -0.2) is 14.5 Å². The van der Waals surface area contributed by atoms with Gasteiger partial charge in [-0.3, -0.25) is 9.97 Å². The summed E-state index contributed by atoms with van der Waals surface area (Å²) in [5, 5.41) is 19.4. The van der Waals surface area contributed by atoms with Gasteiger partial charge < -0.3 is 4.57 Å². The number of rotatable bonds is 6. The lowest BCUT2D eigenvalue weighted by atomic mass is 9.88. The Balaban J connectivity index is 0.912. The minimum Gasteiger partial charge on any atom is -0.309 e. The minimum absolute atomic E-state index is 0.658. The first-order valence-corrected chi connectivity index (χ1v) is 20.5. The summed E-state index contributed by atoms with van der Waals surface area (Å²) in [4.78, 5) is 9.37. The number of nitriles is 1. The molecule has 282 valence electrons. The van der Waals surface area contributed by atoms with Crippen LogP contribution in [0.2, 0.25) is 0 Å². The molecule has 0 spiro atoms. The number of nitrogens with zero attached hydrogens (tertiary/aromatic N) is 4. The zero-order valence-electron chi connectivity index (χ0n) is 32.9. The standard InChI is InChI=1S/C57H34N4/c58-35-36-12-22-54-50(26-36)51-34-39(21-23-55(51)61(54)49-8-2-1-3-9-49)37-13-15-38(16-14-37)44-27-40-17-19-42-29-45(30-43-20-18-41(28-44)56(40)57(42)43)46-31-47(52-10-4-6-24-59-52)33-48(32-46)53-11-5-7-25-60-53/h1-34H. The van der Waals surface area contributed by atoms with Crippen LogP contribution in [0.3, 0.4) is 0 Å². The number of pyridine rings is 2. The van der Waals surface area contributed by atoms with Gasteiger partial charge in [0.15, 0.2) is 0 Å². The molecular formula is C57H34N4. The Labute approximate surface area is 352 Å². The SMILES string of the molecule is N#Cc1ccc2c(c1)c1cc(-c3ccc(-c4cc5ccc6cc(-c7cc(-c8ccccn8)cc(-c8ccccn8)c7)cc7ccc(c4)c5c67)cc3)ccc1n2-c1ccccc1. The van der Waals surface area contributed by atoms with Gasteiger partial charge in [-0.1, -0.05) is 84.9 Å². The van der Waals surface area contributed by atoms with Crippen molar-refractivity contribution in [1.29, 1.82) is 5.26 Å². The van der Waals surface area contributed by atoms with Crippen molar-refractivity contribution in [3.63, 3.8) is 0 Å². The molecule has 0 saturated carbocycles. The minimum atomic E-state index is 0.658. The number of hydrogen-bond donors (Lipinski definition) is 0. The van der Waals surface area contributed by atoms with Crippen LogP contribution in [0, 0.1) is 11.3 Å². The second-order valence-corrected chi connectivity index (χ2v) is 15.8. The van der Waals surface area contributed by atoms with Gasteiger partial charge in [-0.15, -0.1) is 0 Å². The largest absolute Gasteiger partial charge is 0.309 e. The lowest BCUT2D eigenvalue weighted by Gasteiger charge is -2.16. The molecule has 0 saturated heterocycles. The van der Waals surface area contributed by atoms with Crippen molar-refractivity contribution in [2.75, 3.05) is 0 Å². The van der Waals surface area contributed by atoms with E-state index in [4.69, 9.17) is 0 Å². The summed E-state index contributed by atoms with van der Waals surface area (Å²) in [7, 11) is 0. The van der Waals surface area contributed by atoms with E-state index in [0.717, 1.165) is 72.3 Å². The molecule has 4 nitrogen and oxygen atoms in total. The van der Waals surface area contributed by atoms with Crippen molar-refractivity contribution in [2.24, 2.45) is 0 Å². The van der Waals surface area contributed by atoms with E-state index in [9.17, 15) is 5.26 Å². The van der Waals surface area contributed by atoms with Crippen molar-refractivity contribution < 1.29 is 0 Å². The molecule has 0 aliphatic rings. The molecule has 0 N–H and O–H groups in total. The molecule has 0 unspecified atom stereocenters. The average molecular weight is 775 g/mol. The smallest absolute Gasteiger partial charge is 0.0991 e. The Hall–Kier alpha value is -8.39. The number of hydrogen-bond acceptors (Lipinski definition) is 3. The maximum absolute atomic E-state index is 9.75. The van der Waals surface area contributed by atoms with Crippen molar-refractivity contribution in [3.05, 3.63) is 212 Å². The van der Waals surface area contributed by atoms with Crippen LogP contribution in [0.1, 0.15) is 5.56 Å². The third-order valence-corrected chi connectivity index (χ3v) is 12.2. The molecule has 0 radical (unpaired) electrons. The molecule has 0 fully saturated rings. The fraction of sp³-hybridized carbons (Fsp3) is 0. The Kier molecular flexibility index (Phi) is 7.88. The number of para-hydroxylation sites is 1. The van der Waals surface area contributed by atoms with Crippen LogP contribution >= 0.6 is 0 Å². The highest BCUT2D eigenvalue weighted by Crippen LogP contribution is 2.42. The lowest BCUT2D eigenvalue weighted by Crippen LogP contribution is -1.93. The fourth-order valence-corrected chi connectivity index (χ4v) is 9.31. The summed E-state index contributed by atoms with van der Waals surface area (Å²) in [6.07, 6.45) is 3.69. The van der Waals surface area contributed by atoms with Crippen molar-refractivity contribution >= 4 is 54.1 Å². The van der Waals surface area contributed by atoms with Crippen LogP contribution in [0.15, 0.2) is 207 Å². The van der Waals surface area contributed by atoms with E-state index >= 15 is 0 Å². The molecule has 4 heteroatoms. The maximum Gasteiger partial charge on any atom is 0.0991 e. The van der Waals surface area contributed by atoms with Crippen LogP contribution < -0.4 is 0 Å². The van der Waals surface area contributed by atoms with Gasteiger partial charge in [-0.2, -0.15) is 5.26 Å². The number of aromatic nitrogens is 3. The summed E-state index contributed by atoms with van der Waals surface area (Å²) in [6.45, 7) is 0. The van der Waals surface area contributed by atoms with E-state index in [1.54, 1.807) is 0 Å². The molecule has 3 heterocycles. The fourth-order valence-electron chi connectivity index (χ4n) is 9.31. The van der Waals surface area contributed by atoms with E-state index in [2.05, 4.69) is 172 Å². The summed E-state index contributed by atoms with van der Waals surface area (Å²) in [6, 6.07) is 71.5. The first-order chi connectivity index (χ1) is 30.1. The summed E-state index contributed by atoms with van der Waals surface area (Å²) >= 11 is 0. The van der Waals surface area contributed by atoms with Crippen molar-refractivity contribution in [2.45, 2.75) is 0 Å². The predicted octanol–water partition coefficient (Wildman–Crippen LogP) is 14.7. The van der Waals surface area contributed by atoms with Crippen LogP contribution in [-0.2, 0) is 0 Å². The first-order valence-electron chi connectivity index (χ1n) is 20.5. The topological polar surface area (TPSA) is 54.5 Å². The Morgan fingerprint density at radius 2 is 0.820 bits per heavy atom. The molecule has 61 heavy (non-hydrogen) atoms. The summed E-state index contributed by atoms with van der Waals surface area (Å²) in [5.41, 5.74) is 14.9. The maximum atomic E-state index is 9.75. The monoisotopic (exact) mass is 774 g/mol. The first kappa shape index (κ1) is 34.6. The van der Waals surface area contributed by atoms with Gasteiger partial charge in [0.25, 0.3) is 0 Å². The van der Waals surface area contributed by atoms with Crippen LogP contribution in [0.4, 0.5) is 0 Å². The highest BCUT2D eigenvalue weighted by molar-refractivity contribution is 6.24. The third kappa shape index (κ3) is 5.83. The van der Waals surface area contributed by atoms with Gasteiger partial charge in [0, 0.05) is 40.0 Å². The summed E-state index contributed by atoms with van der Waals surface area (Å²) < 4.78 is 2.28. The zero-order valence-corrected chi connectivity index (χ0v) is 32.9. The molecule has 0 aliphatic heterocycles. The normalized spacial score (nSPS) is 11.6. The summed E-state index contributed by atoms with van der Waals surface area (Å²) in [5.74, 6) is 0. The van der Waals surface area contributed by atoms with E-state index in [-0.39, 0.29) is 0 Å². The van der Waals surface area contributed by atoms with Gasteiger partial charge in [-0.25, -0.2) is 0 Å². The molecule has 0 atom stereocenters. The van der Waals surface area contributed by atoms with E-state index in [0.29, 0.717) is 5.56 Å². The highest BCUT2D eigenvalue weighted by Gasteiger charge is 2.17.